The van der Waals surface area contributed by atoms with E-state index >= 15 is 0 Å². The zero-order chi connectivity index (χ0) is 16.3. The van der Waals surface area contributed by atoms with Gasteiger partial charge in [-0.25, -0.2) is 0 Å². The third-order valence-electron chi connectivity index (χ3n) is 3.38. The molecule has 0 radical (unpaired) electrons. The Morgan fingerprint density at radius 3 is 2.57 bits per heavy atom. The molecule has 0 spiro atoms. The fourth-order valence-electron chi connectivity index (χ4n) is 2.11. The summed E-state index contributed by atoms with van der Waals surface area (Å²) in [5.41, 5.74) is 2.45. The van der Waals surface area contributed by atoms with E-state index in [4.69, 9.17) is 4.74 Å². The summed E-state index contributed by atoms with van der Waals surface area (Å²) in [6.07, 6.45) is 4.12. The predicted octanol–water partition coefficient (Wildman–Crippen LogP) is 4.40. The number of benzene rings is 2. The minimum Gasteiger partial charge on any atom is -0.361 e. The van der Waals surface area contributed by atoms with E-state index in [0.717, 1.165) is 30.3 Å². The highest BCUT2D eigenvalue weighted by atomic mass is 16.5. The number of carbonyl (C=O) groups is 1. The Morgan fingerprint density at radius 1 is 1.09 bits per heavy atom. The van der Waals surface area contributed by atoms with Gasteiger partial charge in [0.15, 0.2) is 6.29 Å². The lowest BCUT2D eigenvalue weighted by Crippen LogP contribution is -2.10. The summed E-state index contributed by atoms with van der Waals surface area (Å²) in [4.78, 5) is 11.0. The SMILES string of the molecule is C=CCCC(C#Cc1ccccc1C=O)OCc1ccccc1. The van der Waals surface area contributed by atoms with Crippen LogP contribution in [0.25, 0.3) is 0 Å². The first-order valence-corrected chi connectivity index (χ1v) is 7.65. The highest BCUT2D eigenvalue weighted by molar-refractivity contribution is 5.79. The van der Waals surface area contributed by atoms with E-state index in [-0.39, 0.29) is 6.10 Å². The number of ether oxygens (including phenoxy) is 1. The van der Waals surface area contributed by atoms with Crippen LogP contribution in [0.5, 0.6) is 0 Å². The summed E-state index contributed by atoms with van der Waals surface area (Å²) in [5, 5.41) is 0. The van der Waals surface area contributed by atoms with Gasteiger partial charge >= 0.3 is 0 Å². The van der Waals surface area contributed by atoms with Crippen molar-refractivity contribution in [2.24, 2.45) is 0 Å². The molecule has 0 aliphatic rings. The Kier molecular flexibility index (Phi) is 6.84. The number of hydrogen-bond acceptors (Lipinski definition) is 2. The molecule has 0 bridgehead atoms. The molecule has 0 heterocycles. The molecule has 0 saturated carbocycles. The summed E-state index contributed by atoms with van der Waals surface area (Å²) in [6, 6.07) is 17.3. The van der Waals surface area contributed by atoms with Crippen LogP contribution >= 0.6 is 0 Å². The van der Waals surface area contributed by atoms with Gasteiger partial charge in [-0.15, -0.1) is 6.58 Å². The van der Waals surface area contributed by atoms with Gasteiger partial charge in [0.2, 0.25) is 0 Å². The van der Waals surface area contributed by atoms with Crippen LogP contribution in [-0.2, 0) is 11.3 Å². The lowest BCUT2D eigenvalue weighted by molar-refractivity contribution is 0.0733. The molecule has 2 aromatic carbocycles. The molecule has 2 rings (SSSR count). The van der Waals surface area contributed by atoms with Crippen molar-refractivity contribution in [1.82, 2.24) is 0 Å². The number of allylic oxidation sites excluding steroid dienone is 1. The molecular formula is C21H20O2. The number of carbonyl (C=O) groups excluding carboxylic acids is 1. The second-order valence-electron chi connectivity index (χ2n) is 5.13. The van der Waals surface area contributed by atoms with Gasteiger partial charge in [-0.3, -0.25) is 4.79 Å². The Bertz CT molecular complexity index is 693. The second-order valence-corrected chi connectivity index (χ2v) is 5.13. The van der Waals surface area contributed by atoms with E-state index in [1.165, 1.54) is 0 Å². The van der Waals surface area contributed by atoms with Gasteiger partial charge in [-0.05, 0) is 24.5 Å². The van der Waals surface area contributed by atoms with Crippen molar-refractivity contribution in [1.29, 1.82) is 0 Å². The molecule has 0 fully saturated rings. The molecule has 2 aromatic rings. The van der Waals surface area contributed by atoms with Gasteiger partial charge in [-0.2, -0.15) is 0 Å². The van der Waals surface area contributed by atoms with E-state index in [1.54, 1.807) is 6.07 Å². The predicted molar refractivity (Wildman–Crippen MR) is 93.2 cm³/mol. The molecule has 0 amide bonds. The zero-order valence-electron chi connectivity index (χ0n) is 13.1. The molecule has 0 aliphatic heterocycles. The lowest BCUT2D eigenvalue weighted by Gasteiger charge is -2.11. The minimum absolute atomic E-state index is 0.187. The maximum atomic E-state index is 11.0. The van der Waals surface area contributed by atoms with Gasteiger partial charge in [-0.1, -0.05) is 66.4 Å². The van der Waals surface area contributed by atoms with Crippen molar-refractivity contribution < 1.29 is 9.53 Å². The van der Waals surface area contributed by atoms with E-state index in [9.17, 15) is 4.79 Å². The van der Waals surface area contributed by atoms with Crippen LogP contribution in [-0.4, -0.2) is 12.4 Å². The molecule has 1 atom stereocenters. The monoisotopic (exact) mass is 304 g/mol. The van der Waals surface area contributed by atoms with Crippen LogP contribution in [0.15, 0.2) is 67.3 Å². The largest absolute Gasteiger partial charge is 0.361 e. The molecule has 0 aliphatic carbocycles. The molecule has 1 unspecified atom stereocenters. The van der Waals surface area contributed by atoms with E-state index < -0.39 is 0 Å². The minimum atomic E-state index is -0.187. The van der Waals surface area contributed by atoms with Crippen LogP contribution in [0.2, 0.25) is 0 Å². The molecule has 2 heteroatoms. The molecule has 23 heavy (non-hydrogen) atoms. The van der Waals surface area contributed by atoms with E-state index in [0.29, 0.717) is 12.2 Å². The molecule has 116 valence electrons. The standard InChI is InChI=1S/C21H20O2/c1-2-3-13-21(23-17-18-9-5-4-6-10-18)15-14-19-11-7-8-12-20(19)16-22/h2,4-12,16,21H,1,3,13,17H2. The molecule has 0 N–H and O–H groups in total. The maximum absolute atomic E-state index is 11.0. The highest BCUT2D eigenvalue weighted by Gasteiger charge is 2.05. The highest BCUT2D eigenvalue weighted by Crippen LogP contribution is 2.09. The average molecular weight is 304 g/mol. The fourth-order valence-corrected chi connectivity index (χ4v) is 2.11. The normalized spacial score (nSPS) is 11.1. The van der Waals surface area contributed by atoms with E-state index in [1.807, 2.05) is 54.6 Å². The van der Waals surface area contributed by atoms with Gasteiger partial charge in [0.25, 0.3) is 0 Å². The summed E-state index contributed by atoms with van der Waals surface area (Å²) in [6.45, 7) is 4.27. The fraction of sp³-hybridized carbons (Fsp3) is 0.190. The second kappa shape index (κ2) is 9.40. The van der Waals surface area contributed by atoms with E-state index in [2.05, 4.69) is 18.4 Å². The summed E-state index contributed by atoms with van der Waals surface area (Å²) < 4.78 is 5.92. The number of rotatable bonds is 7. The van der Waals surface area contributed by atoms with Crippen LogP contribution in [0, 0.1) is 11.8 Å². The molecular weight excluding hydrogens is 284 g/mol. The first-order chi connectivity index (χ1) is 11.3. The van der Waals surface area contributed by atoms with Crippen molar-refractivity contribution in [2.75, 3.05) is 0 Å². The lowest BCUT2D eigenvalue weighted by atomic mass is 10.1. The number of aldehydes is 1. The summed E-state index contributed by atoms with van der Waals surface area (Å²) in [7, 11) is 0. The molecule has 2 nitrogen and oxygen atoms in total. The maximum Gasteiger partial charge on any atom is 0.151 e. The van der Waals surface area contributed by atoms with Crippen molar-refractivity contribution in [3.8, 4) is 11.8 Å². The van der Waals surface area contributed by atoms with Crippen molar-refractivity contribution in [2.45, 2.75) is 25.6 Å². The molecule has 0 saturated heterocycles. The average Bonchev–Trinajstić information content (AvgIpc) is 2.62. The van der Waals surface area contributed by atoms with Gasteiger partial charge in [0, 0.05) is 11.1 Å². The van der Waals surface area contributed by atoms with Crippen LogP contribution in [0.3, 0.4) is 0 Å². The van der Waals surface area contributed by atoms with Gasteiger partial charge in [0.1, 0.15) is 6.10 Å². The zero-order valence-corrected chi connectivity index (χ0v) is 13.1. The Balaban J connectivity index is 2.08. The Hall–Kier alpha value is -2.63. The van der Waals surface area contributed by atoms with Crippen molar-refractivity contribution in [3.63, 3.8) is 0 Å². The summed E-state index contributed by atoms with van der Waals surface area (Å²) in [5.74, 6) is 6.21. The van der Waals surface area contributed by atoms with Gasteiger partial charge < -0.3 is 4.74 Å². The topological polar surface area (TPSA) is 26.3 Å². The quantitative estimate of drug-likeness (QED) is 0.430. The Morgan fingerprint density at radius 2 is 1.83 bits per heavy atom. The number of hydrogen-bond donors (Lipinski definition) is 0. The van der Waals surface area contributed by atoms with Gasteiger partial charge in [0.05, 0.1) is 6.61 Å². The van der Waals surface area contributed by atoms with Crippen LogP contribution in [0.1, 0.15) is 34.3 Å². The first-order valence-electron chi connectivity index (χ1n) is 7.65. The smallest absolute Gasteiger partial charge is 0.151 e. The van der Waals surface area contributed by atoms with Crippen molar-refractivity contribution in [3.05, 3.63) is 83.9 Å². The first kappa shape index (κ1) is 16.7. The third-order valence-corrected chi connectivity index (χ3v) is 3.38. The van der Waals surface area contributed by atoms with Crippen LogP contribution in [0.4, 0.5) is 0 Å². The third kappa shape index (κ3) is 5.58. The Labute approximate surface area is 137 Å². The summed E-state index contributed by atoms with van der Waals surface area (Å²) >= 11 is 0. The van der Waals surface area contributed by atoms with Crippen molar-refractivity contribution >= 4 is 6.29 Å². The molecule has 0 aromatic heterocycles. The van der Waals surface area contributed by atoms with Crippen LogP contribution < -0.4 is 0 Å².